The Morgan fingerprint density at radius 3 is 2.57 bits per heavy atom. The number of halogens is 2. The minimum Gasteiger partial charge on any atom is -0.268 e. The van der Waals surface area contributed by atoms with Crippen molar-refractivity contribution in [2.75, 3.05) is 6.26 Å². The first-order chi connectivity index (χ1) is 9.83. The lowest BCUT2D eigenvalue weighted by atomic mass is 10.2. The van der Waals surface area contributed by atoms with Crippen LogP contribution in [0.15, 0.2) is 38.8 Å². The van der Waals surface area contributed by atoms with Crippen molar-refractivity contribution in [3.05, 3.63) is 45.3 Å². The lowest BCUT2D eigenvalue weighted by molar-refractivity contribution is 0.0981. The fourth-order valence-electron chi connectivity index (χ4n) is 1.45. The lowest BCUT2D eigenvalue weighted by Gasteiger charge is -2.06. The van der Waals surface area contributed by atoms with Gasteiger partial charge < -0.3 is 0 Å². The number of amides is 1. The zero-order valence-electron chi connectivity index (χ0n) is 10.6. The Morgan fingerprint density at radius 1 is 1.29 bits per heavy atom. The molecule has 0 aliphatic rings. The number of rotatable bonds is 4. The Morgan fingerprint density at radius 2 is 2.00 bits per heavy atom. The van der Waals surface area contributed by atoms with Crippen LogP contribution in [0.1, 0.15) is 10.4 Å². The molecule has 1 aromatic carbocycles. The van der Waals surface area contributed by atoms with Crippen LogP contribution >= 0.6 is 46.3 Å². The Hall–Kier alpha value is -0.730. The number of hydrogen-bond donors (Lipinski definition) is 1. The highest BCUT2D eigenvalue weighted by atomic mass is 35.5. The summed E-state index contributed by atoms with van der Waals surface area (Å²) < 4.78 is 26.3. The van der Waals surface area contributed by atoms with E-state index in [4.69, 9.17) is 23.2 Å². The van der Waals surface area contributed by atoms with Crippen molar-refractivity contribution in [1.82, 2.24) is 4.72 Å². The maximum Gasteiger partial charge on any atom is 0.273 e. The summed E-state index contributed by atoms with van der Waals surface area (Å²) in [6.07, 6.45) is 1.84. The molecule has 0 aliphatic heterocycles. The Balaban J connectivity index is 2.25. The van der Waals surface area contributed by atoms with E-state index in [0.717, 1.165) is 16.2 Å². The van der Waals surface area contributed by atoms with Crippen LogP contribution in [0.2, 0.25) is 10.0 Å². The second kappa shape index (κ2) is 6.58. The van der Waals surface area contributed by atoms with E-state index in [-0.39, 0.29) is 14.8 Å². The molecule has 112 valence electrons. The first kappa shape index (κ1) is 16.6. The van der Waals surface area contributed by atoms with Gasteiger partial charge in [0.2, 0.25) is 0 Å². The van der Waals surface area contributed by atoms with Gasteiger partial charge in [-0.1, -0.05) is 23.2 Å². The molecular formula is C12H9Cl2NO3S3. The van der Waals surface area contributed by atoms with Crippen molar-refractivity contribution >= 4 is 62.2 Å². The van der Waals surface area contributed by atoms with E-state index in [9.17, 15) is 13.2 Å². The van der Waals surface area contributed by atoms with E-state index in [1.807, 2.05) is 11.0 Å². The summed E-state index contributed by atoms with van der Waals surface area (Å²) >= 11 is 14.1. The summed E-state index contributed by atoms with van der Waals surface area (Å²) in [7, 11) is -3.91. The van der Waals surface area contributed by atoms with E-state index in [0.29, 0.717) is 5.02 Å². The number of hydrogen-bond acceptors (Lipinski definition) is 5. The molecule has 0 fully saturated rings. The summed E-state index contributed by atoms with van der Waals surface area (Å²) in [6, 6.07) is 5.72. The molecule has 0 saturated heterocycles. The number of carbonyl (C=O) groups excluding carboxylic acids is 1. The first-order valence-electron chi connectivity index (χ1n) is 5.48. The lowest BCUT2D eigenvalue weighted by Crippen LogP contribution is -2.30. The van der Waals surface area contributed by atoms with Gasteiger partial charge in [0.15, 0.2) is 0 Å². The molecule has 0 aliphatic carbocycles. The topological polar surface area (TPSA) is 63.2 Å². The molecule has 2 rings (SSSR count). The Bertz CT molecular complexity index is 787. The first-order valence-corrected chi connectivity index (χ1v) is 9.82. The second-order valence-corrected chi connectivity index (χ2v) is 8.41. The monoisotopic (exact) mass is 381 g/mol. The summed E-state index contributed by atoms with van der Waals surface area (Å²) in [5, 5.41) is 2.16. The molecule has 9 heteroatoms. The number of thioether (sulfide) groups is 1. The molecule has 0 spiro atoms. The van der Waals surface area contributed by atoms with Crippen molar-refractivity contribution in [3.8, 4) is 0 Å². The maximum absolute atomic E-state index is 12.1. The van der Waals surface area contributed by atoms with Gasteiger partial charge in [-0.3, -0.25) is 4.79 Å². The Labute approximate surface area is 140 Å². The minimum absolute atomic E-state index is 0.0475. The molecule has 0 bridgehead atoms. The number of sulfonamides is 1. The predicted molar refractivity (Wildman–Crippen MR) is 87.2 cm³/mol. The highest BCUT2D eigenvalue weighted by Crippen LogP contribution is 2.27. The fourth-order valence-corrected chi connectivity index (χ4v) is 4.87. The van der Waals surface area contributed by atoms with E-state index < -0.39 is 15.9 Å². The van der Waals surface area contributed by atoms with Crippen LogP contribution in [0.4, 0.5) is 0 Å². The number of carbonyl (C=O) groups is 1. The second-order valence-electron chi connectivity index (χ2n) is 3.86. The normalized spacial score (nSPS) is 11.4. The SMILES string of the molecule is CSc1csc(S(=O)(=O)NC(=O)c2ccc(Cl)cc2Cl)c1. The van der Waals surface area contributed by atoms with Crippen LogP contribution in [0.25, 0.3) is 0 Å². The van der Waals surface area contributed by atoms with E-state index in [1.165, 1.54) is 36.0 Å². The third-order valence-corrected chi connectivity index (χ3v) is 6.63. The largest absolute Gasteiger partial charge is 0.273 e. The minimum atomic E-state index is -3.91. The van der Waals surface area contributed by atoms with E-state index in [2.05, 4.69) is 0 Å². The van der Waals surface area contributed by atoms with E-state index in [1.54, 1.807) is 5.38 Å². The van der Waals surface area contributed by atoms with Gasteiger partial charge in [0.1, 0.15) is 4.21 Å². The van der Waals surface area contributed by atoms with Crippen molar-refractivity contribution in [1.29, 1.82) is 0 Å². The quantitative estimate of drug-likeness (QED) is 0.815. The number of nitrogens with one attached hydrogen (secondary N) is 1. The summed E-state index contributed by atoms with van der Waals surface area (Å²) in [5.41, 5.74) is 0.0475. The van der Waals surface area contributed by atoms with Crippen molar-refractivity contribution in [2.45, 2.75) is 9.10 Å². The molecular weight excluding hydrogens is 373 g/mol. The van der Waals surface area contributed by atoms with Crippen LogP contribution in [-0.4, -0.2) is 20.6 Å². The molecule has 21 heavy (non-hydrogen) atoms. The average Bonchev–Trinajstić information content (AvgIpc) is 2.87. The van der Waals surface area contributed by atoms with Crippen LogP contribution < -0.4 is 4.72 Å². The molecule has 1 aromatic heterocycles. The van der Waals surface area contributed by atoms with Crippen molar-refractivity contribution in [3.63, 3.8) is 0 Å². The third kappa shape index (κ3) is 3.92. The van der Waals surface area contributed by atoms with E-state index >= 15 is 0 Å². The van der Waals surface area contributed by atoms with Crippen molar-refractivity contribution < 1.29 is 13.2 Å². The third-order valence-electron chi connectivity index (χ3n) is 2.45. The molecule has 1 amide bonds. The summed E-state index contributed by atoms with van der Waals surface area (Å²) in [5.74, 6) is -0.796. The van der Waals surface area contributed by atoms with Gasteiger partial charge in [-0.25, -0.2) is 13.1 Å². The van der Waals surface area contributed by atoms with Gasteiger partial charge in [-0.05, 0) is 30.5 Å². The molecule has 0 saturated carbocycles. The summed E-state index contributed by atoms with van der Waals surface area (Å²) in [4.78, 5) is 12.8. The van der Waals surface area contributed by atoms with Crippen LogP contribution in [0.3, 0.4) is 0 Å². The highest BCUT2D eigenvalue weighted by molar-refractivity contribution is 7.99. The van der Waals surface area contributed by atoms with Gasteiger partial charge in [0.25, 0.3) is 15.9 Å². The molecule has 1 N–H and O–H groups in total. The molecule has 4 nitrogen and oxygen atoms in total. The van der Waals surface area contributed by atoms with Crippen molar-refractivity contribution in [2.24, 2.45) is 0 Å². The molecule has 0 radical (unpaired) electrons. The van der Waals surface area contributed by atoms with Gasteiger partial charge in [0, 0.05) is 15.3 Å². The standard InChI is InChI=1S/C12H9Cl2NO3S3/c1-19-8-5-11(20-6-8)21(17,18)15-12(16)9-3-2-7(13)4-10(9)14/h2-6H,1H3,(H,15,16). The fraction of sp³-hybridized carbons (Fsp3) is 0.0833. The zero-order valence-corrected chi connectivity index (χ0v) is 14.6. The number of thiophene rings is 1. The smallest absolute Gasteiger partial charge is 0.268 e. The van der Waals surface area contributed by atoms with Gasteiger partial charge in [-0.15, -0.1) is 23.1 Å². The number of benzene rings is 1. The van der Waals surface area contributed by atoms with Crippen LogP contribution in [0, 0.1) is 0 Å². The Kier molecular flexibility index (Phi) is 5.21. The molecule has 0 atom stereocenters. The van der Waals surface area contributed by atoms with Gasteiger partial charge in [-0.2, -0.15) is 0 Å². The van der Waals surface area contributed by atoms with Gasteiger partial charge in [0.05, 0.1) is 10.6 Å². The maximum atomic E-state index is 12.1. The van der Waals surface area contributed by atoms with Crippen LogP contribution in [-0.2, 0) is 10.0 Å². The molecule has 1 heterocycles. The highest BCUT2D eigenvalue weighted by Gasteiger charge is 2.22. The predicted octanol–water partition coefficient (Wildman–Crippen LogP) is 3.90. The van der Waals surface area contributed by atoms with Crippen LogP contribution in [0.5, 0.6) is 0 Å². The average molecular weight is 382 g/mol. The molecule has 2 aromatic rings. The summed E-state index contributed by atoms with van der Waals surface area (Å²) in [6.45, 7) is 0. The molecule has 0 unspecified atom stereocenters. The van der Waals surface area contributed by atoms with Gasteiger partial charge >= 0.3 is 0 Å². The zero-order chi connectivity index (χ0) is 15.6.